The van der Waals surface area contributed by atoms with E-state index in [4.69, 9.17) is 5.73 Å². The van der Waals surface area contributed by atoms with Crippen molar-refractivity contribution >= 4 is 15.7 Å². The Labute approximate surface area is 102 Å². The van der Waals surface area contributed by atoms with Crippen LogP contribution in [0.4, 0.5) is 10.1 Å². The topological polar surface area (TPSA) is 114 Å². The molecule has 0 amide bonds. The molecule has 0 unspecified atom stereocenters. The molecule has 0 saturated carbocycles. The summed E-state index contributed by atoms with van der Waals surface area (Å²) in [6.07, 6.45) is 1.25. The molecule has 0 aliphatic heterocycles. The van der Waals surface area contributed by atoms with E-state index in [9.17, 15) is 12.8 Å². The molecule has 0 aliphatic carbocycles. The molecule has 0 aliphatic rings. The summed E-state index contributed by atoms with van der Waals surface area (Å²) in [5.41, 5.74) is 5.48. The molecule has 1 heterocycles. The van der Waals surface area contributed by atoms with E-state index in [2.05, 4.69) is 19.9 Å². The van der Waals surface area contributed by atoms with Gasteiger partial charge in [0.2, 0.25) is 10.0 Å². The van der Waals surface area contributed by atoms with Crippen LogP contribution in [0, 0.1) is 5.82 Å². The van der Waals surface area contributed by atoms with Crippen LogP contribution in [-0.4, -0.2) is 23.6 Å². The Bertz CT molecular complexity index is 641. The molecule has 0 spiro atoms. The van der Waals surface area contributed by atoms with E-state index in [1.54, 1.807) is 0 Å². The predicted molar refractivity (Wildman–Crippen MR) is 61.2 cm³/mol. The lowest BCUT2D eigenvalue weighted by atomic mass is 10.3. The number of benzene rings is 1. The maximum absolute atomic E-state index is 13.0. The largest absolute Gasteiger partial charge is 0.398 e. The van der Waals surface area contributed by atoms with Crippen molar-refractivity contribution in [3.8, 4) is 0 Å². The number of sulfonamides is 1. The Hall–Kier alpha value is -2.00. The highest BCUT2D eigenvalue weighted by atomic mass is 32.2. The van der Waals surface area contributed by atoms with Gasteiger partial charge < -0.3 is 5.73 Å². The molecule has 2 aromatic rings. The number of anilines is 1. The van der Waals surface area contributed by atoms with Gasteiger partial charge >= 0.3 is 0 Å². The van der Waals surface area contributed by atoms with Gasteiger partial charge in [-0.2, -0.15) is 5.10 Å². The number of nitrogen functional groups attached to an aromatic ring is 1. The lowest BCUT2D eigenvalue weighted by Gasteiger charge is -2.07. The van der Waals surface area contributed by atoms with Crippen molar-refractivity contribution in [3.05, 3.63) is 36.2 Å². The Morgan fingerprint density at radius 3 is 2.89 bits per heavy atom. The number of aromatic nitrogens is 3. The third kappa shape index (κ3) is 2.63. The van der Waals surface area contributed by atoms with Gasteiger partial charge in [-0.15, -0.1) is 0 Å². The van der Waals surface area contributed by atoms with Gasteiger partial charge in [0.25, 0.3) is 0 Å². The molecule has 2 rings (SSSR count). The van der Waals surface area contributed by atoms with Crippen LogP contribution in [0.1, 0.15) is 5.82 Å². The minimum Gasteiger partial charge on any atom is -0.398 e. The highest BCUT2D eigenvalue weighted by molar-refractivity contribution is 7.89. The van der Waals surface area contributed by atoms with Crippen LogP contribution in [0.15, 0.2) is 29.4 Å². The zero-order chi connectivity index (χ0) is 13.2. The van der Waals surface area contributed by atoms with Crippen molar-refractivity contribution in [2.45, 2.75) is 11.4 Å². The van der Waals surface area contributed by atoms with Gasteiger partial charge in [0.15, 0.2) is 0 Å². The Morgan fingerprint density at radius 1 is 1.44 bits per heavy atom. The number of nitrogens with one attached hydrogen (secondary N) is 2. The molecule has 0 saturated heterocycles. The van der Waals surface area contributed by atoms with Crippen molar-refractivity contribution in [3.63, 3.8) is 0 Å². The molecule has 96 valence electrons. The van der Waals surface area contributed by atoms with Crippen LogP contribution in [-0.2, 0) is 16.6 Å². The number of nitrogens with two attached hydrogens (primary N) is 1. The first kappa shape index (κ1) is 12.5. The third-order valence-corrected chi connectivity index (χ3v) is 3.62. The fourth-order valence-corrected chi connectivity index (χ4v) is 2.43. The Balaban J connectivity index is 2.22. The second-order valence-corrected chi connectivity index (χ2v) is 5.17. The number of nitrogens with zero attached hydrogens (tertiary/aromatic N) is 2. The van der Waals surface area contributed by atoms with Crippen molar-refractivity contribution < 1.29 is 12.8 Å². The van der Waals surface area contributed by atoms with Crippen molar-refractivity contribution in [1.29, 1.82) is 0 Å². The monoisotopic (exact) mass is 271 g/mol. The highest BCUT2D eigenvalue weighted by Crippen LogP contribution is 2.19. The van der Waals surface area contributed by atoms with Gasteiger partial charge in [-0.1, -0.05) is 0 Å². The Kier molecular flexibility index (Phi) is 3.26. The third-order valence-electron chi connectivity index (χ3n) is 2.16. The van der Waals surface area contributed by atoms with Gasteiger partial charge in [0, 0.05) is 0 Å². The van der Waals surface area contributed by atoms with Crippen LogP contribution in [0.5, 0.6) is 0 Å². The second kappa shape index (κ2) is 4.70. The summed E-state index contributed by atoms with van der Waals surface area (Å²) in [5, 5.41) is 6.07. The smallest absolute Gasteiger partial charge is 0.243 e. The summed E-state index contributed by atoms with van der Waals surface area (Å²) < 4.78 is 39.0. The van der Waals surface area contributed by atoms with Crippen LogP contribution in [0.25, 0.3) is 0 Å². The van der Waals surface area contributed by atoms with E-state index in [-0.39, 0.29) is 17.1 Å². The number of hydrogen-bond acceptors (Lipinski definition) is 5. The molecule has 0 fully saturated rings. The van der Waals surface area contributed by atoms with E-state index in [0.29, 0.717) is 5.82 Å². The number of H-pyrrole nitrogens is 1. The highest BCUT2D eigenvalue weighted by Gasteiger charge is 2.18. The maximum atomic E-state index is 13.0. The second-order valence-electron chi connectivity index (χ2n) is 3.44. The molecule has 0 radical (unpaired) electrons. The molecular formula is C9H10FN5O2S. The van der Waals surface area contributed by atoms with Gasteiger partial charge in [-0.05, 0) is 18.2 Å². The summed E-state index contributed by atoms with van der Waals surface area (Å²) in [4.78, 5) is 3.45. The summed E-state index contributed by atoms with van der Waals surface area (Å²) in [6, 6.07) is 3.14. The molecule has 7 nitrogen and oxygen atoms in total. The first-order valence-electron chi connectivity index (χ1n) is 4.88. The molecule has 4 N–H and O–H groups in total. The average Bonchev–Trinajstić information content (AvgIpc) is 2.83. The molecule has 9 heteroatoms. The van der Waals surface area contributed by atoms with Crippen molar-refractivity contribution in [2.24, 2.45) is 0 Å². The van der Waals surface area contributed by atoms with E-state index in [1.807, 2.05) is 0 Å². The quantitative estimate of drug-likeness (QED) is 0.677. The van der Waals surface area contributed by atoms with Crippen LogP contribution in [0.3, 0.4) is 0 Å². The lowest BCUT2D eigenvalue weighted by Crippen LogP contribution is -2.24. The predicted octanol–water partition coefficient (Wildman–Crippen LogP) is 0.00450. The van der Waals surface area contributed by atoms with Gasteiger partial charge in [-0.25, -0.2) is 22.5 Å². The molecule has 18 heavy (non-hydrogen) atoms. The number of rotatable bonds is 4. The molecule has 1 aromatic heterocycles. The number of hydrogen-bond donors (Lipinski definition) is 3. The van der Waals surface area contributed by atoms with E-state index >= 15 is 0 Å². The first-order valence-corrected chi connectivity index (χ1v) is 6.36. The van der Waals surface area contributed by atoms with Gasteiger partial charge in [0.05, 0.1) is 12.2 Å². The molecule has 0 atom stereocenters. The summed E-state index contributed by atoms with van der Waals surface area (Å²) in [7, 11) is -3.89. The van der Waals surface area contributed by atoms with Crippen molar-refractivity contribution in [2.75, 3.05) is 5.73 Å². The van der Waals surface area contributed by atoms with Gasteiger partial charge in [0.1, 0.15) is 22.9 Å². The molecular weight excluding hydrogens is 261 g/mol. The summed E-state index contributed by atoms with van der Waals surface area (Å²) in [5.74, 6) is -0.335. The number of halogens is 1. The fraction of sp³-hybridized carbons (Fsp3) is 0.111. The Morgan fingerprint density at radius 2 is 2.22 bits per heavy atom. The van der Waals surface area contributed by atoms with E-state index in [0.717, 1.165) is 12.1 Å². The fourth-order valence-electron chi connectivity index (χ4n) is 1.30. The number of aromatic amines is 1. The average molecular weight is 271 g/mol. The summed E-state index contributed by atoms with van der Waals surface area (Å²) in [6.45, 7) is -0.0850. The van der Waals surface area contributed by atoms with Crippen LogP contribution >= 0.6 is 0 Å². The zero-order valence-corrected chi connectivity index (χ0v) is 9.91. The zero-order valence-electron chi connectivity index (χ0n) is 9.09. The lowest BCUT2D eigenvalue weighted by molar-refractivity contribution is 0.576. The van der Waals surface area contributed by atoms with Gasteiger partial charge in [-0.3, -0.25) is 5.10 Å². The van der Waals surface area contributed by atoms with Crippen molar-refractivity contribution in [1.82, 2.24) is 19.9 Å². The van der Waals surface area contributed by atoms with E-state index in [1.165, 1.54) is 12.4 Å². The van der Waals surface area contributed by atoms with E-state index < -0.39 is 15.8 Å². The minimum absolute atomic E-state index is 0.0264. The summed E-state index contributed by atoms with van der Waals surface area (Å²) >= 11 is 0. The standard InChI is InChI=1S/C9H10FN5O2S/c10-6-1-2-7(11)8(3-6)18(16,17)14-4-9-12-5-13-15-9/h1-3,5,14H,4,11H2,(H,12,13,15). The normalized spacial score (nSPS) is 11.6. The van der Waals surface area contributed by atoms with Crippen LogP contribution in [0.2, 0.25) is 0 Å². The molecule has 1 aromatic carbocycles. The first-order chi connectivity index (χ1) is 8.49. The van der Waals surface area contributed by atoms with Crippen LogP contribution < -0.4 is 10.5 Å². The minimum atomic E-state index is -3.89. The maximum Gasteiger partial charge on any atom is 0.243 e. The molecule has 0 bridgehead atoms. The SMILES string of the molecule is Nc1ccc(F)cc1S(=O)(=O)NCc1ncn[nH]1.